The maximum absolute atomic E-state index is 12.3. The van der Waals surface area contributed by atoms with Gasteiger partial charge in [0.25, 0.3) is 0 Å². The van der Waals surface area contributed by atoms with Crippen molar-refractivity contribution in [1.82, 2.24) is 25.3 Å². The van der Waals surface area contributed by atoms with E-state index in [1.807, 2.05) is 25.7 Å². The summed E-state index contributed by atoms with van der Waals surface area (Å²) in [6.45, 7) is 13.1. The van der Waals surface area contributed by atoms with Crippen molar-refractivity contribution in [3.05, 3.63) is 23.2 Å². The fourth-order valence-electron chi connectivity index (χ4n) is 3.12. The van der Waals surface area contributed by atoms with Crippen molar-refractivity contribution in [3.8, 4) is 11.4 Å². The van der Waals surface area contributed by atoms with Gasteiger partial charge in [-0.3, -0.25) is 0 Å². The molecule has 34 heavy (non-hydrogen) atoms. The molecular weight excluding hydrogens is 464 g/mol. The Labute approximate surface area is 203 Å². The summed E-state index contributed by atoms with van der Waals surface area (Å²) in [4.78, 5) is 36.5. The van der Waals surface area contributed by atoms with E-state index in [1.54, 1.807) is 37.9 Å². The van der Waals surface area contributed by atoms with Gasteiger partial charge < -0.3 is 29.1 Å². The zero-order valence-corrected chi connectivity index (χ0v) is 21.1. The van der Waals surface area contributed by atoms with E-state index in [1.165, 1.54) is 0 Å². The van der Waals surface area contributed by atoms with Crippen LogP contribution in [-0.2, 0) is 16.0 Å². The average Bonchev–Trinajstić information content (AvgIpc) is 3.19. The van der Waals surface area contributed by atoms with E-state index in [2.05, 4.69) is 20.4 Å². The largest absolute Gasteiger partial charge is 0.444 e. The Hall–Kier alpha value is -3.08. The van der Waals surface area contributed by atoms with Crippen LogP contribution in [0.3, 0.4) is 0 Å². The molecule has 11 nitrogen and oxygen atoms in total. The van der Waals surface area contributed by atoms with Gasteiger partial charge in [0, 0.05) is 37.9 Å². The highest BCUT2D eigenvalue weighted by molar-refractivity contribution is 6.33. The zero-order chi connectivity index (χ0) is 25.1. The van der Waals surface area contributed by atoms with Gasteiger partial charge in [-0.15, -0.1) is 0 Å². The number of ether oxygens (including phenoxy) is 2. The van der Waals surface area contributed by atoms with Crippen LogP contribution in [0, 0.1) is 0 Å². The molecular formula is C22H31ClN6O5. The summed E-state index contributed by atoms with van der Waals surface area (Å²) in [6.07, 6.45) is 0.709. The number of carbonyl (C=O) groups excluding carboxylic acids is 2. The first-order chi connectivity index (χ1) is 15.8. The van der Waals surface area contributed by atoms with Gasteiger partial charge in [0.05, 0.1) is 5.02 Å². The number of rotatable bonds is 4. The first-order valence-electron chi connectivity index (χ1n) is 11.0. The first kappa shape index (κ1) is 25.5. The van der Waals surface area contributed by atoms with Crippen molar-refractivity contribution in [2.75, 3.05) is 31.1 Å². The number of pyridine rings is 1. The van der Waals surface area contributed by atoms with Crippen LogP contribution >= 0.6 is 11.6 Å². The second-order valence-corrected chi connectivity index (χ2v) is 10.3. The summed E-state index contributed by atoms with van der Waals surface area (Å²) in [6, 6.07) is 1.71. The molecule has 0 atom stereocenters. The third-order valence-electron chi connectivity index (χ3n) is 4.56. The average molecular weight is 495 g/mol. The van der Waals surface area contributed by atoms with E-state index in [0.29, 0.717) is 48.4 Å². The number of nitrogens with one attached hydrogen (secondary N) is 1. The van der Waals surface area contributed by atoms with Gasteiger partial charge in [0.1, 0.15) is 23.6 Å². The number of carbonyl (C=O) groups is 2. The lowest BCUT2D eigenvalue weighted by Gasteiger charge is -2.36. The molecule has 1 saturated heterocycles. The minimum absolute atomic E-state index is 0.0308. The smallest absolute Gasteiger partial charge is 0.410 e. The van der Waals surface area contributed by atoms with Crippen molar-refractivity contribution in [2.24, 2.45) is 0 Å². The van der Waals surface area contributed by atoms with Crippen molar-refractivity contribution in [1.29, 1.82) is 0 Å². The maximum atomic E-state index is 12.3. The molecule has 0 radical (unpaired) electrons. The van der Waals surface area contributed by atoms with Crippen LogP contribution in [0.4, 0.5) is 15.4 Å². The van der Waals surface area contributed by atoms with E-state index in [0.717, 1.165) is 0 Å². The summed E-state index contributed by atoms with van der Waals surface area (Å²) in [5.41, 5.74) is -0.555. The van der Waals surface area contributed by atoms with Crippen molar-refractivity contribution >= 4 is 29.6 Å². The summed E-state index contributed by atoms with van der Waals surface area (Å²) < 4.78 is 15.8. The molecule has 0 spiro atoms. The van der Waals surface area contributed by atoms with Crippen LogP contribution in [0.1, 0.15) is 47.4 Å². The third kappa shape index (κ3) is 7.21. The van der Waals surface area contributed by atoms with Gasteiger partial charge in [-0.25, -0.2) is 14.6 Å². The van der Waals surface area contributed by atoms with Gasteiger partial charge in [0.2, 0.25) is 11.7 Å². The Morgan fingerprint density at radius 2 is 1.74 bits per heavy atom. The predicted octanol–water partition coefficient (Wildman–Crippen LogP) is 3.87. The molecule has 0 bridgehead atoms. The standard InChI is InChI=1S/C22H31ClN6O5/c1-21(2,3)32-19(30)25-13-16-26-17(27-34-16)14-11-15(23)18(24-12-14)28-7-9-29(10-8-28)20(31)33-22(4,5)6/h11-12H,7-10,13H2,1-6H3,(H,25,30). The molecule has 2 aromatic rings. The van der Waals surface area contributed by atoms with E-state index in [4.69, 9.17) is 25.6 Å². The second kappa shape index (κ2) is 10.0. The number of alkyl carbamates (subject to hydrolysis) is 1. The predicted molar refractivity (Wildman–Crippen MR) is 126 cm³/mol. The monoisotopic (exact) mass is 494 g/mol. The number of anilines is 1. The van der Waals surface area contributed by atoms with Gasteiger partial charge in [0.15, 0.2) is 0 Å². The molecule has 1 fully saturated rings. The summed E-state index contributed by atoms with van der Waals surface area (Å²) in [5, 5.41) is 6.93. The van der Waals surface area contributed by atoms with Crippen molar-refractivity contribution in [3.63, 3.8) is 0 Å². The Bertz CT molecular complexity index is 1020. The highest BCUT2D eigenvalue weighted by Gasteiger charge is 2.27. The van der Waals surface area contributed by atoms with Crippen LogP contribution in [0.2, 0.25) is 5.02 Å². The number of hydrogen-bond donors (Lipinski definition) is 1. The molecule has 12 heteroatoms. The minimum Gasteiger partial charge on any atom is -0.444 e. The highest BCUT2D eigenvalue weighted by atomic mass is 35.5. The molecule has 0 aliphatic carbocycles. The van der Waals surface area contributed by atoms with Crippen molar-refractivity contribution < 1.29 is 23.6 Å². The van der Waals surface area contributed by atoms with E-state index in [-0.39, 0.29) is 18.5 Å². The topological polar surface area (TPSA) is 123 Å². The molecule has 1 aliphatic heterocycles. The number of halogens is 1. The molecule has 1 N–H and O–H groups in total. The molecule has 0 saturated carbocycles. The number of nitrogens with zero attached hydrogens (tertiary/aromatic N) is 5. The van der Waals surface area contributed by atoms with Crippen LogP contribution in [0.5, 0.6) is 0 Å². The number of piperazine rings is 1. The Kier molecular flexibility index (Phi) is 7.54. The third-order valence-corrected chi connectivity index (χ3v) is 4.84. The van der Waals surface area contributed by atoms with E-state index >= 15 is 0 Å². The summed E-state index contributed by atoms with van der Waals surface area (Å²) >= 11 is 6.50. The molecule has 186 valence electrons. The van der Waals surface area contributed by atoms with Gasteiger partial charge in [-0.2, -0.15) is 4.98 Å². The lowest BCUT2D eigenvalue weighted by Crippen LogP contribution is -2.50. The maximum Gasteiger partial charge on any atom is 0.410 e. The molecule has 2 aromatic heterocycles. The van der Waals surface area contributed by atoms with Gasteiger partial charge >= 0.3 is 12.2 Å². The van der Waals surface area contributed by atoms with Gasteiger partial charge in [-0.1, -0.05) is 16.8 Å². The minimum atomic E-state index is -0.601. The second-order valence-electron chi connectivity index (χ2n) is 9.85. The van der Waals surface area contributed by atoms with E-state index in [9.17, 15) is 9.59 Å². The number of aromatic nitrogens is 3. The molecule has 2 amide bonds. The lowest BCUT2D eigenvalue weighted by molar-refractivity contribution is 0.0240. The van der Waals surface area contributed by atoms with E-state index < -0.39 is 17.3 Å². The van der Waals surface area contributed by atoms with Gasteiger partial charge in [-0.05, 0) is 47.6 Å². The highest BCUT2D eigenvalue weighted by Crippen LogP contribution is 2.28. The van der Waals surface area contributed by atoms with Crippen LogP contribution in [0.15, 0.2) is 16.8 Å². The molecule has 0 unspecified atom stereocenters. The Morgan fingerprint density at radius 1 is 1.09 bits per heavy atom. The summed E-state index contributed by atoms with van der Waals surface area (Å²) in [7, 11) is 0. The molecule has 1 aliphatic rings. The fourth-order valence-corrected chi connectivity index (χ4v) is 3.40. The van der Waals surface area contributed by atoms with Crippen molar-refractivity contribution in [2.45, 2.75) is 59.3 Å². The normalized spacial score (nSPS) is 14.7. The Morgan fingerprint density at radius 3 is 2.32 bits per heavy atom. The SMILES string of the molecule is CC(C)(C)OC(=O)NCc1nc(-c2cnc(N3CCN(C(=O)OC(C)(C)C)CC3)c(Cl)c2)no1. The van der Waals surface area contributed by atoms with Crippen LogP contribution < -0.4 is 10.2 Å². The quantitative estimate of drug-likeness (QED) is 0.674. The Balaban J connectivity index is 1.58. The molecule has 3 rings (SSSR count). The number of hydrogen-bond acceptors (Lipinski definition) is 9. The first-order valence-corrected chi connectivity index (χ1v) is 11.4. The lowest BCUT2D eigenvalue weighted by atomic mass is 10.2. The molecule has 0 aromatic carbocycles. The fraction of sp³-hybridized carbons (Fsp3) is 0.591. The van der Waals surface area contributed by atoms with Crippen LogP contribution in [0.25, 0.3) is 11.4 Å². The summed E-state index contributed by atoms with van der Waals surface area (Å²) in [5.74, 6) is 1.14. The van der Waals surface area contributed by atoms with Crippen LogP contribution in [-0.4, -0.2) is 69.6 Å². The number of amides is 2. The molecule has 3 heterocycles. The zero-order valence-electron chi connectivity index (χ0n) is 20.3.